The number of Topliss-reactive ketones (excluding diaryl/α,β-unsaturated/α-hetero) is 1. The first-order valence-electron chi connectivity index (χ1n) is 16.2. The van der Waals surface area contributed by atoms with Crippen molar-refractivity contribution in [3.8, 4) is 11.5 Å². The zero-order chi connectivity index (χ0) is 27.4. The lowest BCUT2D eigenvalue weighted by molar-refractivity contribution is -0.134. The van der Waals surface area contributed by atoms with E-state index in [0.29, 0.717) is 42.2 Å². The zero-order valence-electron chi connectivity index (χ0n) is 25.0. The Labute approximate surface area is 237 Å². The van der Waals surface area contributed by atoms with Crippen LogP contribution < -0.4 is 9.47 Å². The number of rotatable bonds is 13. The fourth-order valence-electron chi connectivity index (χ4n) is 6.87. The van der Waals surface area contributed by atoms with Gasteiger partial charge in [0.15, 0.2) is 0 Å². The Hall–Kier alpha value is -1.81. The van der Waals surface area contributed by atoms with Crippen molar-refractivity contribution in [3.05, 3.63) is 35.1 Å². The second-order valence-corrected chi connectivity index (χ2v) is 13.2. The Morgan fingerprint density at radius 3 is 2.54 bits per heavy atom. The van der Waals surface area contributed by atoms with Gasteiger partial charge in [0.2, 0.25) is 0 Å². The summed E-state index contributed by atoms with van der Waals surface area (Å²) in [6.45, 7) is 10.4. The lowest BCUT2D eigenvalue weighted by Crippen LogP contribution is -2.38. The molecule has 0 aromatic heterocycles. The molecule has 0 saturated heterocycles. The van der Waals surface area contributed by atoms with E-state index in [1.54, 1.807) is 0 Å². The summed E-state index contributed by atoms with van der Waals surface area (Å²) in [7, 11) is 0. The van der Waals surface area contributed by atoms with Gasteiger partial charge in [0.25, 0.3) is 0 Å². The van der Waals surface area contributed by atoms with Gasteiger partial charge in [-0.15, -0.1) is 0 Å². The maximum Gasteiger partial charge on any atom is 0.139 e. The van der Waals surface area contributed by atoms with Gasteiger partial charge in [0.05, 0.1) is 19.3 Å². The van der Waals surface area contributed by atoms with E-state index >= 15 is 0 Å². The predicted molar refractivity (Wildman–Crippen MR) is 157 cm³/mol. The van der Waals surface area contributed by atoms with Crippen LogP contribution in [0.1, 0.15) is 110 Å². The number of allylic oxidation sites excluding steroid dienone is 2. The van der Waals surface area contributed by atoms with Crippen LogP contribution in [0.2, 0.25) is 0 Å². The van der Waals surface area contributed by atoms with Crippen LogP contribution in [0.4, 0.5) is 0 Å². The number of ketones is 1. The molecule has 0 N–H and O–H groups in total. The molecule has 0 amide bonds. The molecule has 6 unspecified atom stereocenters. The SMILES string of the molecule is CCC1=C(CC2CCCC(OCC(C)C(C)C(=O)C3CCC3CC)CC2)Oc2cc(OCC3CC3)ccc2C1. The van der Waals surface area contributed by atoms with E-state index in [4.69, 9.17) is 14.2 Å². The van der Waals surface area contributed by atoms with E-state index in [-0.39, 0.29) is 5.92 Å². The van der Waals surface area contributed by atoms with Gasteiger partial charge < -0.3 is 14.2 Å². The molecule has 1 aromatic rings. The topological polar surface area (TPSA) is 44.8 Å². The highest BCUT2D eigenvalue weighted by Crippen LogP contribution is 2.41. The molecule has 3 saturated carbocycles. The number of carbonyl (C=O) groups excluding carboxylic acids is 1. The molecule has 0 spiro atoms. The summed E-state index contributed by atoms with van der Waals surface area (Å²) in [6, 6.07) is 6.42. The molecule has 0 radical (unpaired) electrons. The highest BCUT2D eigenvalue weighted by Gasteiger charge is 2.38. The Kier molecular flexibility index (Phi) is 9.74. The number of carbonyl (C=O) groups is 1. The Morgan fingerprint density at radius 2 is 1.82 bits per heavy atom. The average molecular weight is 537 g/mol. The summed E-state index contributed by atoms with van der Waals surface area (Å²) in [4.78, 5) is 13.0. The second kappa shape index (κ2) is 13.2. The first-order chi connectivity index (χ1) is 18.9. The lowest BCUT2D eigenvalue weighted by Gasteiger charge is -2.37. The van der Waals surface area contributed by atoms with Crippen molar-refractivity contribution < 1.29 is 19.0 Å². The number of ether oxygens (including phenoxy) is 3. The van der Waals surface area contributed by atoms with E-state index in [2.05, 4.69) is 45.9 Å². The summed E-state index contributed by atoms with van der Waals surface area (Å²) in [5.41, 5.74) is 2.74. The standard InChI is InChI=1S/C35H52O4/c1-5-27-14-17-32(27)35(36)24(4)23(3)21-37-30-9-7-8-25(12-15-30)18-33-28(6-2)19-29-13-16-31(20-34(29)39-33)38-22-26-10-11-26/h13,16,20,23-27,30,32H,5-12,14-15,17-19,21-22H2,1-4H3. The monoisotopic (exact) mass is 536 g/mol. The minimum Gasteiger partial charge on any atom is -0.493 e. The molecule has 3 fully saturated rings. The molecule has 6 atom stereocenters. The van der Waals surface area contributed by atoms with Crippen LogP contribution in [0.3, 0.4) is 0 Å². The number of hydrogen-bond acceptors (Lipinski definition) is 4. The molecule has 3 aliphatic carbocycles. The first kappa shape index (κ1) is 28.7. The minimum atomic E-state index is 0.105. The third kappa shape index (κ3) is 7.29. The van der Waals surface area contributed by atoms with Crippen molar-refractivity contribution in [1.29, 1.82) is 0 Å². The van der Waals surface area contributed by atoms with E-state index in [0.717, 1.165) is 69.0 Å². The molecule has 216 valence electrons. The summed E-state index contributed by atoms with van der Waals surface area (Å²) in [5, 5.41) is 0. The lowest BCUT2D eigenvalue weighted by atomic mass is 9.66. The molecule has 4 nitrogen and oxygen atoms in total. The highest BCUT2D eigenvalue weighted by molar-refractivity contribution is 5.84. The van der Waals surface area contributed by atoms with Crippen LogP contribution in [0.15, 0.2) is 29.5 Å². The van der Waals surface area contributed by atoms with Crippen LogP contribution in [0, 0.1) is 35.5 Å². The van der Waals surface area contributed by atoms with Crippen LogP contribution in [0.5, 0.6) is 11.5 Å². The molecule has 0 bridgehead atoms. The maximum absolute atomic E-state index is 13.0. The molecular formula is C35H52O4. The van der Waals surface area contributed by atoms with Crippen molar-refractivity contribution in [1.82, 2.24) is 0 Å². The first-order valence-corrected chi connectivity index (χ1v) is 16.2. The molecule has 1 aliphatic heterocycles. The van der Waals surface area contributed by atoms with E-state index in [9.17, 15) is 4.79 Å². The Balaban J connectivity index is 1.09. The second-order valence-electron chi connectivity index (χ2n) is 13.2. The largest absolute Gasteiger partial charge is 0.493 e. The molecule has 4 heteroatoms. The van der Waals surface area contributed by atoms with Gasteiger partial charge >= 0.3 is 0 Å². The van der Waals surface area contributed by atoms with Gasteiger partial charge in [-0.25, -0.2) is 0 Å². The van der Waals surface area contributed by atoms with Crippen molar-refractivity contribution >= 4 is 5.78 Å². The predicted octanol–water partition coefficient (Wildman–Crippen LogP) is 8.71. The van der Waals surface area contributed by atoms with Gasteiger partial charge in [-0.1, -0.05) is 46.6 Å². The Bertz CT molecular complexity index is 1010. The molecule has 4 aliphatic rings. The van der Waals surface area contributed by atoms with Crippen LogP contribution in [-0.2, 0) is 16.0 Å². The van der Waals surface area contributed by atoms with Crippen molar-refractivity contribution in [2.24, 2.45) is 35.5 Å². The van der Waals surface area contributed by atoms with Gasteiger partial charge in [-0.2, -0.15) is 0 Å². The average Bonchev–Trinajstić information content (AvgIpc) is 3.77. The quantitative estimate of drug-likeness (QED) is 0.237. The van der Waals surface area contributed by atoms with Crippen LogP contribution >= 0.6 is 0 Å². The van der Waals surface area contributed by atoms with E-state index in [1.807, 2.05) is 0 Å². The number of fused-ring (bicyclic) bond motifs is 1. The summed E-state index contributed by atoms with van der Waals surface area (Å²) in [6.07, 6.45) is 15.4. The molecule has 1 heterocycles. The Morgan fingerprint density at radius 1 is 1.00 bits per heavy atom. The van der Waals surface area contributed by atoms with E-state index in [1.165, 1.54) is 55.4 Å². The van der Waals surface area contributed by atoms with Crippen molar-refractivity contribution in [2.45, 2.75) is 117 Å². The third-order valence-electron chi connectivity index (χ3n) is 10.4. The molecule has 39 heavy (non-hydrogen) atoms. The number of benzene rings is 1. The molecule has 1 aromatic carbocycles. The fraction of sp³-hybridized carbons (Fsp3) is 0.743. The highest BCUT2D eigenvalue weighted by atomic mass is 16.5. The van der Waals surface area contributed by atoms with Gasteiger partial charge in [-0.3, -0.25) is 4.79 Å². The van der Waals surface area contributed by atoms with Gasteiger partial charge in [0, 0.05) is 30.7 Å². The van der Waals surface area contributed by atoms with Gasteiger partial charge in [0.1, 0.15) is 23.0 Å². The summed E-state index contributed by atoms with van der Waals surface area (Å²) >= 11 is 0. The third-order valence-corrected chi connectivity index (χ3v) is 10.4. The normalized spacial score (nSPS) is 28.5. The van der Waals surface area contributed by atoms with E-state index < -0.39 is 0 Å². The number of hydrogen-bond donors (Lipinski definition) is 0. The molecule has 5 rings (SSSR count). The van der Waals surface area contributed by atoms with Crippen LogP contribution in [0.25, 0.3) is 0 Å². The van der Waals surface area contributed by atoms with Crippen molar-refractivity contribution in [2.75, 3.05) is 13.2 Å². The minimum absolute atomic E-state index is 0.105. The summed E-state index contributed by atoms with van der Waals surface area (Å²) in [5.74, 6) is 6.36. The smallest absolute Gasteiger partial charge is 0.139 e. The van der Waals surface area contributed by atoms with Crippen LogP contribution in [-0.4, -0.2) is 25.1 Å². The molecular weight excluding hydrogens is 484 g/mol. The fourth-order valence-corrected chi connectivity index (χ4v) is 6.87. The van der Waals surface area contributed by atoms with Gasteiger partial charge in [-0.05, 0) is 98.7 Å². The zero-order valence-corrected chi connectivity index (χ0v) is 25.0. The summed E-state index contributed by atoms with van der Waals surface area (Å²) < 4.78 is 19.1. The maximum atomic E-state index is 13.0. The van der Waals surface area contributed by atoms with Crippen molar-refractivity contribution in [3.63, 3.8) is 0 Å².